The van der Waals surface area contributed by atoms with Crippen LogP contribution in [0.15, 0.2) is 59.0 Å². The number of ether oxygens (including phenoxy) is 1. The molecule has 150 valence electrons. The van der Waals surface area contributed by atoms with Gasteiger partial charge in [0.25, 0.3) is 0 Å². The number of aromatic nitrogens is 1. The van der Waals surface area contributed by atoms with Crippen molar-refractivity contribution in [2.45, 2.75) is 26.4 Å². The van der Waals surface area contributed by atoms with E-state index in [0.717, 1.165) is 22.8 Å². The molecule has 1 aromatic heterocycles. The molecule has 0 saturated carbocycles. The summed E-state index contributed by atoms with van der Waals surface area (Å²) in [5.74, 6) is -0.348. The van der Waals surface area contributed by atoms with Gasteiger partial charge in [-0.3, -0.25) is 0 Å². The minimum Gasteiger partial charge on any atom is -0.459 e. The number of hydrogen-bond donors (Lipinski definition) is 0. The number of hydrazone groups is 1. The first-order chi connectivity index (χ1) is 14.0. The SMILES string of the molecule is CCC(C)OC(=O)c1ccccc1/C=N/N(C)c1nc(-c2ccccc2Cl)cs1. The van der Waals surface area contributed by atoms with E-state index in [-0.39, 0.29) is 12.1 Å². The van der Waals surface area contributed by atoms with Crippen molar-refractivity contribution in [1.29, 1.82) is 0 Å². The van der Waals surface area contributed by atoms with Crippen LogP contribution in [0, 0.1) is 0 Å². The van der Waals surface area contributed by atoms with E-state index in [4.69, 9.17) is 16.3 Å². The number of carbonyl (C=O) groups excluding carboxylic acids is 1. The Hall–Kier alpha value is -2.70. The number of carbonyl (C=O) groups is 1. The van der Waals surface area contributed by atoms with Crippen LogP contribution in [0.4, 0.5) is 5.13 Å². The van der Waals surface area contributed by atoms with E-state index in [2.05, 4.69) is 10.1 Å². The predicted molar refractivity (Wildman–Crippen MR) is 120 cm³/mol. The molecule has 2 aromatic carbocycles. The fourth-order valence-corrected chi connectivity index (χ4v) is 3.51. The van der Waals surface area contributed by atoms with Crippen LogP contribution in [0.2, 0.25) is 5.02 Å². The summed E-state index contributed by atoms with van der Waals surface area (Å²) in [7, 11) is 1.81. The second-order valence-electron chi connectivity index (χ2n) is 6.47. The molecule has 0 bridgehead atoms. The predicted octanol–water partition coefficient (Wildman–Crippen LogP) is 5.89. The molecule has 0 aliphatic carbocycles. The van der Waals surface area contributed by atoms with E-state index >= 15 is 0 Å². The maximum atomic E-state index is 12.4. The highest BCUT2D eigenvalue weighted by Crippen LogP contribution is 2.31. The summed E-state index contributed by atoms with van der Waals surface area (Å²) in [6.07, 6.45) is 2.28. The van der Waals surface area contributed by atoms with Gasteiger partial charge in [0.05, 0.1) is 23.6 Å². The summed E-state index contributed by atoms with van der Waals surface area (Å²) < 4.78 is 5.44. The van der Waals surface area contributed by atoms with Crippen LogP contribution in [0.5, 0.6) is 0 Å². The van der Waals surface area contributed by atoms with Gasteiger partial charge >= 0.3 is 5.97 Å². The van der Waals surface area contributed by atoms with Crippen molar-refractivity contribution >= 4 is 40.3 Å². The van der Waals surface area contributed by atoms with Gasteiger partial charge in [0.1, 0.15) is 0 Å². The second kappa shape index (κ2) is 9.67. The molecule has 5 nitrogen and oxygen atoms in total. The first kappa shape index (κ1) is 21.0. The highest BCUT2D eigenvalue weighted by Gasteiger charge is 2.14. The van der Waals surface area contributed by atoms with Crippen molar-refractivity contribution in [3.05, 3.63) is 70.1 Å². The molecular formula is C22H22ClN3O2S. The molecule has 3 rings (SSSR count). The Morgan fingerprint density at radius 3 is 2.76 bits per heavy atom. The summed E-state index contributed by atoms with van der Waals surface area (Å²) in [5, 5.41) is 9.44. The Morgan fingerprint density at radius 1 is 1.28 bits per heavy atom. The molecule has 1 heterocycles. The quantitative estimate of drug-likeness (QED) is 0.268. The van der Waals surface area contributed by atoms with Gasteiger partial charge in [0.2, 0.25) is 5.13 Å². The Labute approximate surface area is 179 Å². The van der Waals surface area contributed by atoms with Gasteiger partial charge in [-0.25, -0.2) is 14.8 Å². The first-order valence-corrected chi connectivity index (χ1v) is 10.5. The van der Waals surface area contributed by atoms with Crippen LogP contribution < -0.4 is 5.01 Å². The molecule has 7 heteroatoms. The third kappa shape index (κ3) is 5.22. The number of thiazole rings is 1. The fraction of sp³-hybridized carbons (Fsp3) is 0.227. The lowest BCUT2D eigenvalue weighted by atomic mass is 10.1. The van der Waals surface area contributed by atoms with Crippen LogP contribution in [0.1, 0.15) is 36.2 Å². The molecule has 0 radical (unpaired) electrons. The summed E-state index contributed by atoms with van der Waals surface area (Å²) in [6, 6.07) is 14.8. The number of esters is 1. The Kier molecular flexibility index (Phi) is 7.01. The first-order valence-electron chi connectivity index (χ1n) is 9.27. The Bertz CT molecular complexity index is 1020. The van der Waals surface area contributed by atoms with E-state index in [1.807, 2.05) is 68.7 Å². The van der Waals surface area contributed by atoms with E-state index in [1.165, 1.54) is 11.3 Å². The topological polar surface area (TPSA) is 54.8 Å². The van der Waals surface area contributed by atoms with Crippen LogP contribution in [0.25, 0.3) is 11.3 Å². The monoisotopic (exact) mass is 427 g/mol. The second-order valence-corrected chi connectivity index (χ2v) is 7.72. The molecule has 0 N–H and O–H groups in total. The van der Waals surface area contributed by atoms with Crippen molar-refractivity contribution in [3.63, 3.8) is 0 Å². The van der Waals surface area contributed by atoms with Gasteiger partial charge in [0, 0.05) is 28.6 Å². The van der Waals surface area contributed by atoms with E-state index in [0.29, 0.717) is 16.1 Å². The summed E-state index contributed by atoms with van der Waals surface area (Å²) in [6.45, 7) is 3.85. The number of rotatable bonds is 7. The molecule has 1 unspecified atom stereocenters. The third-order valence-corrected chi connectivity index (χ3v) is 5.59. The Morgan fingerprint density at radius 2 is 2.00 bits per heavy atom. The van der Waals surface area contributed by atoms with Gasteiger partial charge in [-0.1, -0.05) is 54.9 Å². The lowest BCUT2D eigenvalue weighted by Gasteiger charge is -2.12. The van der Waals surface area contributed by atoms with Crippen molar-refractivity contribution in [2.24, 2.45) is 5.10 Å². The van der Waals surface area contributed by atoms with Crippen molar-refractivity contribution < 1.29 is 9.53 Å². The lowest BCUT2D eigenvalue weighted by molar-refractivity contribution is 0.0334. The molecule has 29 heavy (non-hydrogen) atoms. The molecule has 0 amide bonds. The maximum Gasteiger partial charge on any atom is 0.339 e. The smallest absolute Gasteiger partial charge is 0.339 e. The zero-order chi connectivity index (χ0) is 20.8. The van der Waals surface area contributed by atoms with E-state index in [9.17, 15) is 4.79 Å². The number of anilines is 1. The molecule has 0 saturated heterocycles. The molecule has 0 fully saturated rings. The average Bonchev–Trinajstić information content (AvgIpc) is 3.22. The highest BCUT2D eigenvalue weighted by atomic mass is 35.5. The largest absolute Gasteiger partial charge is 0.459 e. The number of halogens is 1. The zero-order valence-electron chi connectivity index (χ0n) is 16.5. The van der Waals surface area contributed by atoms with Gasteiger partial charge in [-0.15, -0.1) is 11.3 Å². The fourth-order valence-electron chi connectivity index (χ4n) is 2.53. The molecular weight excluding hydrogens is 406 g/mol. The summed E-state index contributed by atoms with van der Waals surface area (Å²) in [5.41, 5.74) is 2.86. The molecule has 1 atom stereocenters. The minimum atomic E-state index is -0.348. The van der Waals surface area contributed by atoms with E-state index < -0.39 is 0 Å². The Balaban J connectivity index is 1.77. The number of benzene rings is 2. The normalized spacial score (nSPS) is 12.1. The van der Waals surface area contributed by atoms with E-state index in [1.54, 1.807) is 17.3 Å². The highest BCUT2D eigenvalue weighted by molar-refractivity contribution is 7.14. The van der Waals surface area contributed by atoms with Crippen molar-refractivity contribution in [2.75, 3.05) is 12.1 Å². The average molecular weight is 428 g/mol. The molecule has 0 aliphatic heterocycles. The summed E-state index contributed by atoms with van der Waals surface area (Å²) >= 11 is 7.73. The third-order valence-electron chi connectivity index (χ3n) is 4.35. The van der Waals surface area contributed by atoms with Gasteiger partial charge in [-0.05, 0) is 25.5 Å². The molecule has 0 spiro atoms. The van der Waals surface area contributed by atoms with Crippen molar-refractivity contribution in [3.8, 4) is 11.3 Å². The molecule has 0 aliphatic rings. The maximum absolute atomic E-state index is 12.4. The number of hydrogen-bond acceptors (Lipinski definition) is 6. The van der Waals surface area contributed by atoms with Crippen LogP contribution in [-0.4, -0.2) is 30.3 Å². The van der Waals surface area contributed by atoms with Gasteiger partial charge in [-0.2, -0.15) is 5.10 Å². The summed E-state index contributed by atoms with van der Waals surface area (Å²) in [4.78, 5) is 17.0. The minimum absolute atomic E-state index is 0.131. The number of nitrogens with zero attached hydrogens (tertiary/aromatic N) is 3. The molecule has 3 aromatic rings. The standard InChI is InChI=1S/C22H22ClN3O2S/c1-4-15(2)28-21(27)17-10-6-5-9-16(17)13-24-26(3)22-25-20(14-29-22)18-11-7-8-12-19(18)23/h5-15H,4H2,1-3H3/b24-13+. The van der Waals surface area contributed by atoms with Crippen LogP contribution in [-0.2, 0) is 4.74 Å². The van der Waals surface area contributed by atoms with Gasteiger partial charge < -0.3 is 4.74 Å². The van der Waals surface area contributed by atoms with Crippen molar-refractivity contribution in [1.82, 2.24) is 4.98 Å². The van der Waals surface area contributed by atoms with Crippen LogP contribution in [0.3, 0.4) is 0 Å². The van der Waals surface area contributed by atoms with Gasteiger partial charge in [0.15, 0.2) is 0 Å². The zero-order valence-corrected chi connectivity index (χ0v) is 18.1. The van der Waals surface area contributed by atoms with Crippen LogP contribution >= 0.6 is 22.9 Å². The lowest BCUT2D eigenvalue weighted by Crippen LogP contribution is -2.16.